The number of carbonyl (C=O) groups excluding carboxylic acids is 2. The van der Waals surface area contributed by atoms with E-state index in [1.807, 2.05) is 88.4 Å². The number of hydrazone groups is 1. The molecule has 7 nitrogen and oxygen atoms in total. The lowest BCUT2D eigenvalue weighted by molar-refractivity contribution is -0.143. The van der Waals surface area contributed by atoms with Crippen LogP contribution in [0, 0.1) is 5.41 Å². The Balaban J connectivity index is 1.96. The second-order valence-electron chi connectivity index (χ2n) is 9.39. The molecule has 1 aliphatic heterocycles. The van der Waals surface area contributed by atoms with Gasteiger partial charge >= 0.3 is 5.97 Å². The molecule has 0 bridgehead atoms. The van der Waals surface area contributed by atoms with Crippen LogP contribution in [-0.2, 0) is 19.3 Å². The molecule has 2 aromatic carbocycles. The van der Waals surface area contributed by atoms with Gasteiger partial charge in [0, 0.05) is 11.8 Å². The fourth-order valence-corrected chi connectivity index (χ4v) is 5.04. The summed E-state index contributed by atoms with van der Waals surface area (Å²) in [5, 5.41) is 18.5. The minimum atomic E-state index is -0.959. The molecule has 2 N–H and O–H groups in total. The van der Waals surface area contributed by atoms with Crippen molar-refractivity contribution in [1.29, 1.82) is 0 Å². The zero-order valence-electron chi connectivity index (χ0n) is 19.9. The maximum Gasteiger partial charge on any atom is 0.303 e. The van der Waals surface area contributed by atoms with Crippen molar-refractivity contribution in [2.24, 2.45) is 10.5 Å². The first kappa shape index (κ1) is 25.5. The van der Waals surface area contributed by atoms with Crippen molar-refractivity contribution in [2.75, 3.05) is 0 Å². The highest BCUT2D eigenvalue weighted by Crippen LogP contribution is 2.50. The van der Waals surface area contributed by atoms with Crippen LogP contribution in [0.4, 0.5) is 0 Å². The molecule has 2 amide bonds. The van der Waals surface area contributed by atoms with E-state index in [-0.39, 0.29) is 18.2 Å². The third-order valence-electron chi connectivity index (χ3n) is 5.69. The van der Waals surface area contributed by atoms with Gasteiger partial charge in [0.25, 0.3) is 0 Å². The first-order valence-electron chi connectivity index (χ1n) is 11.3. The van der Waals surface area contributed by atoms with Gasteiger partial charge in [-0.3, -0.25) is 14.4 Å². The van der Waals surface area contributed by atoms with Crippen LogP contribution in [0.2, 0.25) is 0 Å². The predicted octanol–water partition coefficient (Wildman–Crippen LogP) is 4.91. The van der Waals surface area contributed by atoms with E-state index in [4.69, 9.17) is 0 Å². The number of carbonyl (C=O) groups is 3. The Morgan fingerprint density at radius 2 is 1.65 bits per heavy atom. The van der Waals surface area contributed by atoms with Crippen LogP contribution in [0.5, 0.6) is 0 Å². The smallest absolute Gasteiger partial charge is 0.303 e. The minimum absolute atomic E-state index is 0.0283. The zero-order valence-corrected chi connectivity index (χ0v) is 20.8. The fraction of sp³-hybridized carbons (Fsp3) is 0.385. The number of rotatable bonds is 7. The molecule has 0 spiro atoms. The van der Waals surface area contributed by atoms with Gasteiger partial charge < -0.3 is 10.4 Å². The zero-order chi connectivity index (χ0) is 24.9. The Kier molecular flexibility index (Phi) is 7.82. The topological polar surface area (TPSA) is 99.1 Å². The van der Waals surface area contributed by atoms with Gasteiger partial charge in [0.15, 0.2) is 5.17 Å². The van der Waals surface area contributed by atoms with Gasteiger partial charge in [-0.2, -0.15) is 0 Å². The van der Waals surface area contributed by atoms with E-state index in [1.54, 1.807) is 0 Å². The van der Waals surface area contributed by atoms with E-state index in [0.29, 0.717) is 18.0 Å². The maximum atomic E-state index is 13.5. The molecular formula is C26H31N3O4S. The SMILES string of the molecule is CC(C(=O)NC1=NN(C(=O)C(C)(C)C)C(CCCC(=O)O)(c2ccccc2)S1)c1ccccc1. The number of aliphatic carboxylic acids is 1. The van der Waals surface area contributed by atoms with E-state index in [9.17, 15) is 19.5 Å². The Morgan fingerprint density at radius 3 is 2.21 bits per heavy atom. The van der Waals surface area contributed by atoms with Gasteiger partial charge in [-0.05, 0) is 30.9 Å². The third-order valence-corrected chi connectivity index (χ3v) is 7.01. The van der Waals surface area contributed by atoms with Crippen molar-refractivity contribution in [1.82, 2.24) is 10.3 Å². The summed E-state index contributed by atoms with van der Waals surface area (Å²) in [6.07, 6.45) is 0.689. The monoisotopic (exact) mass is 481 g/mol. The molecule has 0 saturated carbocycles. The van der Waals surface area contributed by atoms with Crippen molar-refractivity contribution in [3.63, 3.8) is 0 Å². The van der Waals surface area contributed by atoms with Gasteiger partial charge in [0.2, 0.25) is 11.8 Å². The minimum Gasteiger partial charge on any atom is -0.481 e. The second kappa shape index (κ2) is 10.4. The number of thioether (sulfide) groups is 1. The van der Waals surface area contributed by atoms with Crippen LogP contribution in [0.15, 0.2) is 65.8 Å². The van der Waals surface area contributed by atoms with Gasteiger partial charge in [-0.25, -0.2) is 5.01 Å². The standard InChI is InChI=1S/C26H31N3O4S/c1-18(19-12-7-5-8-13-19)22(32)27-24-28-29(23(33)25(2,3)4)26(34-24,17-11-16-21(30)31)20-14-9-6-10-15-20/h5-10,12-15,18H,11,16-17H2,1-4H3,(H,30,31)(H,27,28,32). The highest BCUT2D eigenvalue weighted by atomic mass is 32.2. The first-order chi connectivity index (χ1) is 16.0. The highest BCUT2D eigenvalue weighted by molar-refractivity contribution is 8.14. The fourth-order valence-electron chi connectivity index (χ4n) is 3.74. The number of amidine groups is 1. The number of hydrogen-bond acceptors (Lipinski definition) is 5. The van der Waals surface area contributed by atoms with Crippen molar-refractivity contribution in [3.05, 3.63) is 71.8 Å². The van der Waals surface area contributed by atoms with E-state index in [0.717, 1.165) is 11.1 Å². The van der Waals surface area contributed by atoms with E-state index in [1.165, 1.54) is 16.8 Å². The number of nitrogens with zero attached hydrogens (tertiary/aromatic N) is 2. The molecule has 34 heavy (non-hydrogen) atoms. The molecule has 0 fully saturated rings. The van der Waals surface area contributed by atoms with E-state index >= 15 is 0 Å². The van der Waals surface area contributed by atoms with Crippen molar-refractivity contribution < 1.29 is 19.5 Å². The van der Waals surface area contributed by atoms with Gasteiger partial charge in [0.1, 0.15) is 4.87 Å². The number of nitrogens with one attached hydrogen (secondary N) is 1. The second-order valence-corrected chi connectivity index (χ2v) is 10.7. The molecule has 0 aliphatic carbocycles. The molecule has 8 heteroatoms. The summed E-state index contributed by atoms with van der Waals surface area (Å²) >= 11 is 1.29. The number of amides is 2. The molecule has 1 heterocycles. The quantitative estimate of drug-likeness (QED) is 0.586. The number of carboxylic acid groups (broad SMARTS) is 1. The van der Waals surface area contributed by atoms with Crippen LogP contribution in [-0.4, -0.2) is 33.1 Å². The molecule has 3 rings (SSSR count). The average Bonchev–Trinajstić information content (AvgIpc) is 3.17. The average molecular weight is 482 g/mol. The number of carboxylic acids is 1. The van der Waals surface area contributed by atoms with Crippen LogP contribution in [0.1, 0.15) is 64.0 Å². The maximum absolute atomic E-state index is 13.5. The summed E-state index contributed by atoms with van der Waals surface area (Å²) in [5.41, 5.74) is 0.974. The van der Waals surface area contributed by atoms with E-state index in [2.05, 4.69) is 10.4 Å². The van der Waals surface area contributed by atoms with Crippen LogP contribution in [0.25, 0.3) is 0 Å². The lowest BCUT2D eigenvalue weighted by Gasteiger charge is -2.38. The molecule has 0 saturated heterocycles. The van der Waals surface area contributed by atoms with Crippen molar-refractivity contribution in [2.45, 2.75) is 57.7 Å². The molecule has 2 atom stereocenters. The largest absolute Gasteiger partial charge is 0.481 e. The molecule has 1 aliphatic rings. The van der Waals surface area contributed by atoms with Crippen molar-refractivity contribution >= 4 is 34.7 Å². The summed E-state index contributed by atoms with van der Waals surface area (Å²) < 4.78 is 0. The van der Waals surface area contributed by atoms with Gasteiger partial charge in [-0.1, -0.05) is 93.2 Å². The molecule has 2 aromatic rings. The molecular weight excluding hydrogens is 450 g/mol. The van der Waals surface area contributed by atoms with E-state index < -0.39 is 22.2 Å². The lowest BCUT2D eigenvalue weighted by atomic mass is 9.92. The summed E-state index contributed by atoms with van der Waals surface area (Å²) in [4.78, 5) is 36.8. The normalized spacial score (nSPS) is 18.8. The number of benzene rings is 2. The Morgan fingerprint density at radius 1 is 1.06 bits per heavy atom. The Hall–Kier alpha value is -3.13. The third kappa shape index (κ3) is 5.67. The van der Waals surface area contributed by atoms with Crippen LogP contribution >= 0.6 is 11.8 Å². The van der Waals surface area contributed by atoms with Crippen LogP contribution in [0.3, 0.4) is 0 Å². The van der Waals surface area contributed by atoms with Gasteiger partial charge in [-0.15, -0.1) is 5.10 Å². The Bertz CT molecular complexity index is 1070. The summed E-state index contributed by atoms with van der Waals surface area (Å²) in [6, 6.07) is 18.9. The molecule has 180 valence electrons. The molecule has 0 aromatic heterocycles. The molecule has 2 unspecified atom stereocenters. The Labute approximate surface area is 204 Å². The first-order valence-corrected chi connectivity index (χ1v) is 12.1. The van der Waals surface area contributed by atoms with Crippen LogP contribution < -0.4 is 5.32 Å². The summed E-state index contributed by atoms with van der Waals surface area (Å²) in [7, 11) is 0. The summed E-state index contributed by atoms with van der Waals surface area (Å²) in [6.45, 7) is 7.27. The van der Waals surface area contributed by atoms with Gasteiger partial charge in [0.05, 0.1) is 5.92 Å². The molecule has 0 radical (unpaired) electrons. The van der Waals surface area contributed by atoms with Crippen molar-refractivity contribution in [3.8, 4) is 0 Å². The highest BCUT2D eigenvalue weighted by Gasteiger charge is 2.50. The predicted molar refractivity (Wildman–Crippen MR) is 134 cm³/mol. The lowest BCUT2D eigenvalue weighted by Crippen LogP contribution is -2.46. The summed E-state index contributed by atoms with van der Waals surface area (Å²) in [5.74, 6) is -1.74. The number of hydrogen-bond donors (Lipinski definition) is 2.